The molecule has 2 unspecified atom stereocenters. The van der Waals surface area contributed by atoms with E-state index < -0.39 is 10.0 Å². The van der Waals surface area contributed by atoms with E-state index in [-0.39, 0.29) is 24.3 Å². The largest absolute Gasteiger partial charge is 0.486 e. The van der Waals surface area contributed by atoms with Gasteiger partial charge in [0.2, 0.25) is 10.0 Å². The van der Waals surface area contributed by atoms with Crippen molar-refractivity contribution in [3.8, 4) is 11.5 Å². The molecule has 0 bridgehead atoms. The lowest BCUT2D eigenvalue weighted by molar-refractivity contribution is 0.0798. The summed E-state index contributed by atoms with van der Waals surface area (Å²) in [6.07, 6.45) is -0.314. The third kappa shape index (κ3) is 4.25. The molecule has 0 saturated carbocycles. The normalized spacial score (nSPS) is 19.5. The fourth-order valence-electron chi connectivity index (χ4n) is 2.08. The van der Waals surface area contributed by atoms with Gasteiger partial charge in [-0.2, -0.15) is 0 Å². The molecule has 118 valence electrons. The molecular weight excluding hydrogens is 314 g/mol. The second kappa shape index (κ2) is 6.85. The van der Waals surface area contributed by atoms with Crippen LogP contribution >= 0.6 is 11.6 Å². The fourth-order valence-corrected chi connectivity index (χ4v) is 3.81. The van der Waals surface area contributed by atoms with Gasteiger partial charge in [0.25, 0.3) is 0 Å². The number of para-hydroxylation sites is 2. The second-order valence-corrected chi connectivity index (χ2v) is 7.75. The van der Waals surface area contributed by atoms with Crippen molar-refractivity contribution in [3.63, 3.8) is 0 Å². The highest BCUT2D eigenvalue weighted by atomic mass is 35.5. The van der Waals surface area contributed by atoms with Crippen molar-refractivity contribution in [3.05, 3.63) is 24.3 Å². The Morgan fingerprint density at radius 2 is 2.05 bits per heavy atom. The van der Waals surface area contributed by atoms with Crippen LogP contribution in [0.25, 0.3) is 0 Å². The van der Waals surface area contributed by atoms with Crippen molar-refractivity contribution < 1.29 is 17.9 Å². The van der Waals surface area contributed by atoms with Crippen molar-refractivity contribution in [2.75, 3.05) is 31.8 Å². The minimum atomic E-state index is -3.34. The highest BCUT2D eigenvalue weighted by Gasteiger charge is 2.27. The number of nitrogens with zero attached hydrogens (tertiary/aromatic N) is 1. The molecule has 0 spiro atoms. The van der Waals surface area contributed by atoms with Crippen LogP contribution in [-0.4, -0.2) is 50.7 Å². The van der Waals surface area contributed by atoms with Gasteiger partial charge in [0.05, 0.1) is 12.3 Å². The Morgan fingerprint density at radius 1 is 1.38 bits per heavy atom. The van der Waals surface area contributed by atoms with Crippen molar-refractivity contribution in [2.24, 2.45) is 5.92 Å². The Morgan fingerprint density at radius 3 is 2.71 bits per heavy atom. The average Bonchev–Trinajstić information content (AvgIpc) is 2.46. The van der Waals surface area contributed by atoms with Gasteiger partial charge in [-0.3, -0.25) is 0 Å². The number of ether oxygens (including phenoxy) is 2. The summed E-state index contributed by atoms with van der Waals surface area (Å²) >= 11 is 5.68. The molecule has 0 radical (unpaired) electrons. The Labute approximate surface area is 130 Å². The third-order valence-electron chi connectivity index (χ3n) is 3.26. The van der Waals surface area contributed by atoms with Gasteiger partial charge in [-0.05, 0) is 18.1 Å². The molecule has 0 aliphatic carbocycles. The van der Waals surface area contributed by atoms with Crippen LogP contribution in [0.5, 0.6) is 11.5 Å². The van der Waals surface area contributed by atoms with Crippen molar-refractivity contribution in [2.45, 2.75) is 13.0 Å². The lowest BCUT2D eigenvalue weighted by Gasteiger charge is -2.29. The van der Waals surface area contributed by atoms with E-state index in [1.807, 2.05) is 31.2 Å². The number of halogens is 1. The number of sulfonamides is 1. The Balaban J connectivity index is 1.96. The van der Waals surface area contributed by atoms with Gasteiger partial charge in [0, 0.05) is 12.9 Å². The molecule has 0 amide bonds. The minimum absolute atomic E-state index is 0.0389. The van der Waals surface area contributed by atoms with Crippen molar-refractivity contribution in [1.29, 1.82) is 0 Å². The molecule has 0 aromatic heterocycles. The molecule has 0 saturated heterocycles. The summed E-state index contributed by atoms with van der Waals surface area (Å²) in [7, 11) is -1.78. The first-order valence-electron chi connectivity index (χ1n) is 6.81. The standard InChI is InChI=1S/C14H20ClNO4S/c1-11(7-15)10-21(17,18)16(2)8-12-9-19-13-5-3-4-6-14(13)20-12/h3-6,11-12H,7-10H2,1-2H3. The van der Waals surface area contributed by atoms with Gasteiger partial charge in [-0.15, -0.1) is 11.6 Å². The predicted octanol–water partition coefficient (Wildman–Crippen LogP) is 1.96. The number of benzene rings is 1. The zero-order valence-electron chi connectivity index (χ0n) is 12.2. The zero-order valence-corrected chi connectivity index (χ0v) is 13.7. The molecule has 2 atom stereocenters. The highest BCUT2D eigenvalue weighted by molar-refractivity contribution is 7.89. The highest BCUT2D eigenvalue weighted by Crippen LogP contribution is 2.31. The van der Waals surface area contributed by atoms with Crippen LogP contribution in [0, 0.1) is 5.92 Å². The monoisotopic (exact) mass is 333 g/mol. The van der Waals surface area contributed by atoms with E-state index in [1.54, 1.807) is 7.05 Å². The Hall–Kier alpha value is -0.980. The summed E-state index contributed by atoms with van der Waals surface area (Å²) in [5.41, 5.74) is 0. The van der Waals surface area contributed by atoms with Crippen LogP contribution < -0.4 is 9.47 Å². The maximum Gasteiger partial charge on any atom is 0.214 e. The van der Waals surface area contributed by atoms with Crippen molar-refractivity contribution >= 4 is 21.6 Å². The van der Waals surface area contributed by atoms with E-state index in [4.69, 9.17) is 21.1 Å². The molecule has 1 aromatic rings. The number of rotatable bonds is 6. The maximum atomic E-state index is 12.2. The molecule has 1 heterocycles. The van der Waals surface area contributed by atoms with Crippen LogP contribution in [0.15, 0.2) is 24.3 Å². The summed E-state index contributed by atoms with van der Waals surface area (Å²) < 4.78 is 37.1. The molecule has 7 heteroatoms. The second-order valence-electron chi connectivity index (χ2n) is 5.32. The summed E-state index contributed by atoms with van der Waals surface area (Å²) in [5.74, 6) is 1.62. The molecule has 1 aliphatic heterocycles. The molecule has 0 N–H and O–H groups in total. The molecule has 1 aromatic carbocycles. The summed E-state index contributed by atoms with van der Waals surface area (Å²) in [5, 5.41) is 0. The first-order chi connectivity index (χ1) is 9.92. The van der Waals surface area contributed by atoms with E-state index in [0.29, 0.717) is 24.0 Å². The molecule has 1 aliphatic rings. The molecule has 21 heavy (non-hydrogen) atoms. The van der Waals surface area contributed by atoms with Gasteiger partial charge in [0.1, 0.15) is 12.7 Å². The fraction of sp³-hybridized carbons (Fsp3) is 0.571. The van der Waals surface area contributed by atoms with Crippen LogP contribution in [0.2, 0.25) is 0 Å². The molecular formula is C14H20ClNO4S. The number of fused-ring (bicyclic) bond motifs is 1. The topological polar surface area (TPSA) is 55.8 Å². The van der Waals surface area contributed by atoms with Gasteiger partial charge >= 0.3 is 0 Å². The smallest absolute Gasteiger partial charge is 0.214 e. The lowest BCUT2D eigenvalue weighted by atomic mass is 10.2. The van der Waals surface area contributed by atoms with Crippen LogP contribution in [0.4, 0.5) is 0 Å². The number of likely N-dealkylation sites (N-methyl/N-ethyl adjacent to an activating group) is 1. The summed E-state index contributed by atoms with van der Waals surface area (Å²) in [6.45, 7) is 2.41. The van der Waals surface area contributed by atoms with Crippen LogP contribution in [-0.2, 0) is 10.0 Å². The van der Waals surface area contributed by atoms with Crippen molar-refractivity contribution in [1.82, 2.24) is 4.31 Å². The van der Waals surface area contributed by atoms with Gasteiger partial charge in [0.15, 0.2) is 11.5 Å². The average molecular weight is 334 g/mol. The zero-order chi connectivity index (χ0) is 15.5. The quantitative estimate of drug-likeness (QED) is 0.747. The maximum absolute atomic E-state index is 12.2. The first kappa shape index (κ1) is 16.4. The summed E-state index contributed by atoms with van der Waals surface area (Å²) in [4.78, 5) is 0. The lowest BCUT2D eigenvalue weighted by Crippen LogP contribution is -2.43. The summed E-state index contributed by atoms with van der Waals surface area (Å²) in [6, 6.07) is 7.36. The SMILES string of the molecule is CC(CCl)CS(=O)(=O)N(C)CC1COc2ccccc2O1. The predicted molar refractivity (Wildman–Crippen MR) is 82.7 cm³/mol. The van der Waals surface area contributed by atoms with E-state index >= 15 is 0 Å². The van der Waals surface area contributed by atoms with Crippen LogP contribution in [0.1, 0.15) is 6.92 Å². The van der Waals surface area contributed by atoms with E-state index in [2.05, 4.69) is 0 Å². The molecule has 0 fully saturated rings. The third-order valence-corrected chi connectivity index (χ3v) is 5.88. The van der Waals surface area contributed by atoms with Gasteiger partial charge in [-0.1, -0.05) is 19.1 Å². The van der Waals surface area contributed by atoms with Gasteiger partial charge in [-0.25, -0.2) is 12.7 Å². The number of alkyl halides is 1. The first-order valence-corrected chi connectivity index (χ1v) is 8.95. The van der Waals surface area contributed by atoms with Gasteiger partial charge < -0.3 is 9.47 Å². The molecule has 2 rings (SSSR count). The minimum Gasteiger partial charge on any atom is -0.486 e. The number of hydrogen-bond donors (Lipinski definition) is 0. The van der Waals surface area contributed by atoms with E-state index in [0.717, 1.165) is 0 Å². The van der Waals surface area contributed by atoms with Crippen LogP contribution in [0.3, 0.4) is 0 Å². The Bertz CT molecular complexity index is 578. The molecule has 5 nitrogen and oxygen atoms in total. The van der Waals surface area contributed by atoms with E-state index in [9.17, 15) is 8.42 Å². The Kier molecular flexibility index (Phi) is 5.35. The van der Waals surface area contributed by atoms with E-state index in [1.165, 1.54) is 4.31 Å². The number of hydrogen-bond acceptors (Lipinski definition) is 4.